The second-order valence-corrected chi connectivity index (χ2v) is 6.76. The van der Waals surface area contributed by atoms with Gasteiger partial charge in [-0.25, -0.2) is 0 Å². The summed E-state index contributed by atoms with van der Waals surface area (Å²) >= 11 is 0. The molecule has 2 aliphatic rings. The Balaban J connectivity index is 2.24. The highest BCUT2D eigenvalue weighted by molar-refractivity contribution is 5.27. The summed E-state index contributed by atoms with van der Waals surface area (Å²) in [6, 6.07) is 0. The van der Waals surface area contributed by atoms with Crippen LogP contribution in [0.25, 0.3) is 0 Å². The minimum Gasteiger partial charge on any atom is -0.295 e. The fourth-order valence-electron chi connectivity index (χ4n) is 4.01. The molecule has 0 radical (unpaired) electrons. The number of allylic oxidation sites excluding steroid dienone is 2. The minimum atomic E-state index is 0.145. The van der Waals surface area contributed by atoms with Gasteiger partial charge in [0.2, 0.25) is 0 Å². The lowest BCUT2D eigenvalue weighted by Gasteiger charge is -2.47. The van der Waals surface area contributed by atoms with Crippen LogP contribution in [-0.2, 0) is 0 Å². The zero-order valence-electron chi connectivity index (χ0n) is 11.9. The van der Waals surface area contributed by atoms with E-state index in [0.717, 1.165) is 23.7 Å². The van der Waals surface area contributed by atoms with E-state index in [-0.39, 0.29) is 5.54 Å². The predicted molar refractivity (Wildman–Crippen MR) is 75.5 cm³/mol. The molecule has 1 fully saturated rings. The maximum absolute atomic E-state index is 4.42. The van der Waals surface area contributed by atoms with E-state index in [4.69, 9.17) is 0 Å². The highest BCUT2D eigenvalue weighted by Gasteiger charge is 2.43. The van der Waals surface area contributed by atoms with E-state index < -0.39 is 0 Å². The van der Waals surface area contributed by atoms with Gasteiger partial charge in [-0.2, -0.15) is 0 Å². The van der Waals surface area contributed by atoms with Gasteiger partial charge in [-0.15, -0.1) is 0 Å². The first kappa shape index (κ1) is 12.9. The lowest BCUT2D eigenvalue weighted by Crippen LogP contribution is -2.42. The van der Waals surface area contributed by atoms with E-state index in [1.165, 1.54) is 25.7 Å². The average molecular weight is 233 g/mol. The van der Waals surface area contributed by atoms with E-state index >= 15 is 0 Å². The molecule has 1 heteroatoms. The molecule has 0 heterocycles. The SMILES string of the molecule is C=NC1(C)CCC2C(C)=CCC(C(C)C)C2C1. The number of fused-ring (bicyclic) bond motifs is 1. The van der Waals surface area contributed by atoms with Crippen LogP contribution in [0.1, 0.15) is 53.4 Å². The van der Waals surface area contributed by atoms with Gasteiger partial charge in [0.25, 0.3) is 0 Å². The first-order chi connectivity index (χ1) is 7.97. The first-order valence-corrected chi connectivity index (χ1v) is 7.11. The van der Waals surface area contributed by atoms with Crippen LogP contribution in [0.2, 0.25) is 0 Å². The highest BCUT2D eigenvalue weighted by Crippen LogP contribution is 2.50. The molecule has 2 aliphatic carbocycles. The molecule has 0 bridgehead atoms. The van der Waals surface area contributed by atoms with Crippen molar-refractivity contribution in [2.24, 2.45) is 28.7 Å². The minimum absolute atomic E-state index is 0.145. The molecular formula is C16H27N. The zero-order valence-corrected chi connectivity index (χ0v) is 11.9. The Bertz CT molecular complexity index is 328. The van der Waals surface area contributed by atoms with E-state index in [2.05, 4.69) is 45.5 Å². The van der Waals surface area contributed by atoms with Crippen molar-refractivity contribution in [2.75, 3.05) is 0 Å². The molecule has 0 aromatic carbocycles. The van der Waals surface area contributed by atoms with E-state index in [1.807, 2.05) is 0 Å². The Hall–Kier alpha value is -0.590. The third kappa shape index (κ3) is 2.34. The molecule has 4 unspecified atom stereocenters. The molecule has 2 rings (SSSR count). The monoisotopic (exact) mass is 233 g/mol. The normalized spacial score (nSPS) is 41.9. The molecule has 0 spiro atoms. The van der Waals surface area contributed by atoms with Crippen molar-refractivity contribution in [3.05, 3.63) is 11.6 Å². The topological polar surface area (TPSA) is 12.4 Å². The van der Waals surface area contributed by atoms with Crippen LogP contribution in [0.4, 0.5) is 0 Å². The largest absolute Gasteiger partial charge is 0.295 e. The second-order valence-electron chi connectivity index (χ2n) is 6.76. The Morgan fingerprint density at radius 2 is 2.18 bits per heavy atom. The Morgan fingerprint density at radius 1 is 1.47 bits per heavy atom. The third-order valence-corrected chi connectivity index (χ3v) is 5.27. The average Bonchev–Trinajstić information content (AvgIpc) is 2.29. The number of rotatable bonds is 2. The summed E-state index contributed by atoms with van der Waals surface area (Å²) in [6.45, 7) is 13.2. The van der Waals surface area contributed by atoms with Gasteiger partial charge in [0.1, 0.15) is 0 Å². The lowest BCUT2D eigenvalue weighted by atomic mass is 9.59. The van der Waals surface area contributed by atoms with E-state index in [0.29, 0.717) is 0 Å². The number of nitrogens with zero attached hydrogens (tertiary/aromatic N) is 1. The Morgan fingerprint density at radius 3 is 2.76 bits per heavy atom. The van der Waals surface area contributed by atoms with Crippen molar-refractivity contribution in [3.8, 4) is 0 Å². The Kier molecular flexibility index (Phi) is 3.47. The van der Waals surface area contributed by atoms with Crippen molar-refractivity contribution in [2.45, 2.75) is 58.9 Å². The van der Waals surface area contributed by atoms with Crippen LogP contribution < -0.4 is 0 Å². The molecule has 4 atom stereocenters. The van der Waals surface area contributed by atoms with Crippen molar-refractivity contribution >= 4 is 6.72 Å². The number of aliphatic imine (C=N–C) groups is 1. The van der Waals surface area contributed by atoms with Gasteiger partial charge in [-0.1, -0.05) is 25.5 Å². The van der Waals surface area contributed by atoms with Crippen molar-refractivity contribution < 1.29 is 0 Å². The summed E-state index contributed by atoms with van der Waals surface area (Å²) in [7, 11) is 0. The van der Waals surface area contributed by atoms with Gasteiger partial charge >= 0.3 is 0 Å². The van der Waals surface area contributed by atoms with Gasteiger partial charge in [0.05, 0.1) is 5.54 Å². The molecule has 0 amide bonds. The molecule has 96 valence electrons. The van der Waals surface area contributed by atoms with Gasteiger partial charge in [0, 0.05) is 0 Å². The van der Waals surface area contributed by atoms with Crippen molar-refractivity contribution in [3.63, 3.8) is 0 Å². The standard InChI is InChI=1S/C16H27N/c1-11(2)13-7-6-12(3)14-8-9-16(4,17-5)10-15(13)14/h6,11,13-15H,5,7-10H2,1-4H3. The van der Waals surface area contributed by atoms with Gasteiger partial charge in [0.15, 0.2) is 0 Å². The van der Waals surface area contributed by atoms with E-state index in [1.54, 1.807) is 5.57 Å². The Labute approximate surface area is 106 Å². The smallest absolute Gasteiger partial charge is 0.0576 e. The first-order valence-electron chi connectivity index (χ1n) is 7.11. The summed E-state index contributed by atoms with van der Waals surface area (Å²) in [4.78, 5) is 4.42. The molecular weight excluding hydrogens is 206 g/mol. The molecule has 0 aromatic rings. The van der Waals surface area contributed by atoms with Crippen LogP contribution in [0.3, 0.4) is 0 Å². The maximum Gasteiger partial charge on any atom is 0.0576 e. The fraction of sp³-hybridized carbons (Fsp3) is 0.812. The summed E-state index contributed by atoms with van der Waals surface area (Å²) in [5.41, 5.74) is 1.78. The van der Waals surface area contributed by atoms with Crippen LogP contribution in [0.15, 0.2) is 16.6 Å². The van der Waals surface area contributed by atoms with Crippen molar-refractivity contribution in [1.29, 1.82) is 0 Å². The van der Waals surface area contributed by atoms with Gasteiger partial charge in [-0.05, 0) is 69.9 Å². The molecule has 0 aromatic heterocycles. The van der Waals surface area contributed by atoms with Gasteiger partial charge < -0.3 is 0 Å². The van der Waals surface area contributed by atoms with Gasteiger partial charge in [-0.3, -0.25) is 4.99 Å². The number of hydrogen-bond acceptors (Lipinski definition) is 1. The summed E-state index contributed by atoms with van der Waals surface area (Å²) in [5, 5.41) is 0. The quantitative estimate of drug-likeness (QED) is 0.492. The molecule has 1 saturated carbocycles. The molecule has 1 nitrogen and oxygen atoms in total. The van der Waals surface area contributed by atoms with E-state index in [9.17, 15) is 0 Å². The predicted octanol–water partition coefficient (Wildman–Crippen LogP) is 4.48. The maximum atomic E-state index is 4.42. The summed E-state index contributed by atoms with van der Waals surface area (Å²) < 4.78 is 0. The summed E-state index contributed by atoms with van der Waals surface area (Å²) in [5.74, 6) is 3.30. The molecule has 0 N–H and O–H groups in total. The summed E-state index contributed by atoms with van der Waals surface area (Å²) in [6.07, 6.45) is 7.54. The third-order valence-electron chi connectivity index (χ3n) is 5.27. The second kappa shape index (κ2) is 4.59. The van der Waals surface area contributed by atoms with Crippen molar-refractivity contribution in [1.82, 2.24) is 0 Å². The molecule has 0 saturated heterocycles. The highest BCUT2D eigenvalue weighted by atomic mass is 14.8. The number of hydrogen-bond donors (Lipinski definition) is 0. The van der Waals surface area contributed by atoms with Crippen LogP contribution in [0.5, 0.6) is 0 Å². The fourth-order valence-corrected chi connectivity index (χ4v) is 4.01. The van der Waals surface area contributed by atoms with Crippen LogP contribution >= 0.6 is 0 Å². The van der Waals surface area contributed by atoms with Crippen LogP contribution in [0, 0.1) is 23.7 Å². The zero-order chi connectivity index (χ0) is 12.6. The van der Waals surface area contributed by atoms with Crippen LogP contribution in [-0.4, -0.2) is 12.3 Å². The lowest BCUT2D eigenvalue weighted by molar-refractivity contribution is 0.0955. The molecule has 0 aliphatic heterocycles. The molecule has 17 heavy (non-hydrogen) atoms.